The average molecular weight is 566 g/mol. The lowest BCUT2D eigenvalue weighted by Crippen LogP contribution is -2.27. The third-order valence-electron chi connectivity index (χ3n) is 6.64. The van der Waals surface area contributed by atoms with Gasteiger partial charge in [0.15, 0.2) is 12.4 Å². The second kappa shape index (κ2) is 12.8. The Kier molecular flexibility index (Phi) is 8.58. The largest absolute Gasteiger partial charge is 0.497 e. The summed E-state index contributed by atoms with van der Waals surface area (Å²) < 4.78 is 21.5. The van der Waals surface area contributed by atoms with Crippen molar-refractivity contribution in [1.82, 2.24) is 0 Å². The summed E-state index contributed by atoms with van der Waals surface area (Å²) in [7, 11) is 1.59. The third-order valence-corrected chi connectivity index (χ3v) is 6.64. The number of carbonyl (C=O) groups is 4. The van der Waals surface area contributed by atoms with Crippen molar-refractivity contribution in [3.8, 4) is 23.0 Å². The van der Waals surface area contributed by atoms with Crippen molar-refractivity contribution in [2.24, 2.45) is 5.92 Å². The Bertz CT molecular complexity index is 1570. The molecule has 1 heterocycles. The highest BCUT2D eigenvalue weighted by atomic mass is 16.5. The van der Waals surface area contributed by atoms with Crippen LogP contribution in [-0.4, -0.2) is 43.9 Å². The zero-order chi connectivity index (χ0) is 29.5. The van der Waals surface area contributed by atoms with Gasteiger partial charge in [-0.15, -0.1) is 0 Å². The van der Waals surface area contributed by atoms with Crippen LogP contribution in [0.2, 0.25) is 0 Å². The molecule has 1 fully saturated rings. The summed E-state index contributed by atoms with van der Waals surface area (Å²) in [5.41, 5.74) is 1.33. The SMILES string of the molecule is COc1ccc(Oc2ccc(N3C[C@H](C(=O)OCC(=O)c4ccc(OC(=O)c5ccccc5)cc4)CC3=O)cc2)cc1. The summed E-state index contributed by atoms with van der Waals surface area (Å²) >= 11 is 0. The molecule has 212 valence electrons. The zero-order valence-corrected chi connectivity index (χ0v) is 22.7. The quantitative estimate of drug-likeness (QED) is 0.141. The van der Waals surface area contributed by atoms with Crippen LogP contribution in [0.5, 0.6) is 23.0 Å². The molecule has 42 heavy (non-hydrogen) atoms. The van der Waals surface area contributed by atoms with E-state index >= 15 is 0 Å². The minimum atomic E-state index is -0.694. The van der Waals surface area contributed by atoms with Crippen molar-refractivity contribution in [1.29, 1.82) is 0 Å². The van der Waals surface area contributed by atoms with Gasteiger partial charge in [-0.2, -0.15) is 0 Å². The van der Waals surface area contributed by atoms with Crippen LogP contribution in [0.4, 0.5) is 5.69 Å². The Balaban J connectivity index is 1.10. The van der Waals surface area contributed by atoms with Crippen LogP contribution in [0, 0.1) is 5.92 Å². The number of amides is 1. The Morgan fingerprint density at radius 1 is 0.738 bits per heavy atom. The molecular weight excluding hydrogens is 538 g/mol. The van der Waals surface area contributed by atoms with E-state index in [4.69, 9.17) is 18.9 Å². The molecule has 0 bridgehead atoms. The van der Waals surface area contributed by atoms with E-state index in [1.165, 1.54) is 29.2 Å². The molecule has 0 radical (unpaired) electrons. The molecule has 0 spiro atoms. The van der Waals surface area contributed by atoms with Gasteiger partial charge in [0.05, 0.1) is 18.6 Å². The van der Waals surface area contributed by atoms with E-state index in [-0.39, 0.29) is 24.6 Å². The number of carbonyl (C=O) groups excluding carboxylic acids is 4. The van der Waals surface area contributed by atoms with Gasteiger partial charge in [0.1, 0.15) is 23.0 Å². The number of ketones is 1. The highest BCUT2D eigenvalue weighted by Crippen LogP contribution is 2.30. The van der Waals surface area contributed by atoms with Gasteiger partial charge in [-0.3, -0.25) is 14.4 Å². The summed E-state index contributed by atoms with van der Waals surface area (Å²) in [5.74, 6) is -0.227. The highest BCUT2D eigenvalue weighted by molar-refractivity contribution is 6.01. The van der Waals surface area contributed by atoms with Gasteiger partial charge >= 0.3 is 11.9 Å². The van der Waals surface area contributed by atoms with Crippen LogP contribution in [-0.2, 0) is 14.3 Å². The molecule has 1 amide bonds. The fourth-order valence-electron chi connectivity index (χ4n) is 4.38. The van der Waals surface area contributed by atoms with E-state index in [0.29, 0.717) is 28.3 Å². The van der Waals surface area contributed by atoms with Crippen molar-refractivity contribution >= 4 is 29.3 Å². The molecular formula is C33H27NO8. The second-order valence-corrected chi connectivity index (χ2v) is 9.49. The van der Waals surface area contributed by atoms with Gasteiger partial charge < -0.3 is 23.8 Å². The van der Waals surface area contributed by atoms with E-state index in [2.05, 4.69) is 0 Å². The molecule has 0 unspecified atom stereocenters. The van der Waals surface area contributed by atoms with Crippen LogP contribution >= 0.6 is 0 Å². The van der Waals surface area contributed by atoms with Crippen molar-refractivity contribution in [3.05, 3.63) is 114 Å². The third kappa shape index (κ3) is 6.82. The first-order chi connectivity index (χ1) is 20.4. The number of ether oxygens (including phenoxy) is 4. The Labute approximate surface area is 242 Å². The molecule has 0 N–H and O–H groups in total. The van der Waals surface area contributed by atoms with Crippen molar-refractivity contribution < 1.29 is 38.1 Å². The van der Waals surface area contributed by atoms with Crippen molar-refractivity contribution in [2.45, 2.75) is 6.42 Å². The van der Waals surface area contributed by atoms with Crippen LogP contribution in [0.25, 0.3) is 0 Å². The van der Waals surface area contributed by atoms with E-state index in [9.17, 15) is 19.2 Å². The van der Waals surface area contributed by atoms with Crippen LogP contribution in [0.15, 0.2) is 103 Å². The Morgan fingerprint density at radius 3 is 1.98 bits per heavy atom. The molecule has 9 nitrogen and oxygen atoms in total. The maximum absolute atomic E-state index is 12.7. The molecule has 5 rings (SSSR count). The van der Waals surface area contributed by atoms with Gasteiger partial charge in [0.2, 0.25) is 5.91 Å². The van der Waals surface area contributed by atoms with Crippen molar-refractivity contribution in [3.63, 3.8) is 0 Å². The zero-order valence-electron chi connectivity index (χ0n) is 22.7. The normalized spacial score (nSPS) is 14.3. The topological polar surface area (TPSA) is 108 Å². The van der Waals surface area contributed by atoms with Gasteiger partial charge in [-0.1, -0.05) is 18.2 Å². The fraction of sp³-hybridized carbons (Fsp3) is 0.152. The monoisotopic (exact) mass is 565 g/mol. The molecule has 1 saturated heterocycles. The first kappa shape index (κ1) is 28.1. The van der Waals surface area contributed by atoms with Crippen LogP contribution in [0.3, 0.4) is 0 Å². The highest BCUT2D eigenvalue weighted by Gasteiger charge is 2.36. The van der Waals surface area contributed by atoms with Crippen LogP contribution in [0.1, 0.15) is 27.1 Å². The van der Waals surface area contributed by atoms with Gasteiger partial charge in [-0.25, -0.2) is 4.79 Å². The second-order valence-electron chi connectivity index (χ2n) is 9.49. The number of benzene rings is 4. The predicted molar refractivity (Wildman–Crippen MR) is 153 cm³/mol. The molecule has 0 saturated carbocycles. The maximum Gasteiger partial charge on any atom is 0.343 e. The Morgan fingerprint density at radius 2 is 1.33 bits per heavy atom. The molecule has 4 aromatic rings. The molecule has 4 aromatic carbocycles. The van der Waals surface area contributed by atoms with E-state index in [1.807, 2.05) is 0 Å². The summed E-state index contributed by atoms with van der Waals surface area (Å²) in [6.07, 6.45) is -0.0153. The number of Topliss-reactive ketones (excluding diaryl/α,β-unsaturated/α-hetero) is 1. The Hall–Kier alpha value is -5.44. The number of rotatable bonds is 10. The molecule has 1 aliphatic rings. The first-order valence-corrected chi connectivity index (χ1v) is 13.2. The maximum atomic E-state index is 12.7. The number of methoxy groups -OCH3 is 1. The number of esters is 2. The van der Waals surface area contributed by atoms with Crippen LogP contribution < -0.4 is 19.1 Å². The van der Waals surface area contributed by atoms with Gasteiger partial charge in [0.25, 0.3) is 0 Å². The average Bonchev–Trinajstić information content (AvgIpc) is 3.42. The van der Waals surface area contributed by atoms with Gasteiger partial charge in [0, 0.05) is 24.2 Å². The summed E-state index contributed by atoms with van der Waals surface area (Å²) in [6, 6.07) is 28.7. The number of anilines is 1. The number of nitrogens with zero attached hydrogens (tertiary/aromatic N) is 1. The predicted octanol–water partition coefficient (Wildman–Crippen LogP) is 5.49. The smallest absolute Gasteiger partial charge is 0.343 e. The minimum absolute atomic E-state index is 0.0153. The lowest BCUT2D eigenvalue weighted by atomic mass is 10.1. The van der Waals surface area contributed by atoms with E-state index in [0.717, 1.165) is 5.75 Å². The number of hydrogen-bond donors (Lipinski definition) is 0. The van der Waals surface area contributed by atoms with Crippen molar-refractivity contribution in [2.75, 3.05) is 25.2 Å². The number of hydrogen-bond acceptors (Lipinski definition) is 8. The van der Waals surface area contributed by atoms with Gasteiger partial charge in [-0.05, 0) is 84.9 Å². The first-order valence-electron chi connectivity index (χ1n) is 13.2. The van der Waals surface area contributed by atoms with E-state index in [1.54, 1.807) is 86.0 Å². The minimum Gasteiger partial charge on any atom is -0.497 e. The standard InChI is InChI=1S/C33H27NO8/c1-39-26-15-17-28(18-16-26)41-27-13-9-25(10-14-27)34-20-24(19-31(34)36)32(37)40-21-30(35)22-7-11-29(12-8-22)42-33(38)23-5-3-2-4-6-23/h2-18,24H,19-21H2,1H3/t24-/m1/s1. The fourth-order valence-corrected chi connectivity index (χ4v) is 4.38. The lowest BCUT2D eigenvalue weighted by Gasteiger charge is -2.17. The lowest BCUT2D eigenvalue weighted by molar-refractivity contribution is -0.147. The molecule has 0 aromatic heterocycles. The molecule has 0 aliphatic carbocycles. The molecule has 1 atom stereocenters. The summed E-state index contributed by atoms with van der Waals surface area (Å²) in [6.45, 7) is -0.323. The molecule has 1 aliphatic heterocycles. The summed E-state index contributed by atoms with van der Waals surface area (Å²) in [4.78, 5) is 51.6. The summed E-state index contributed by atoms with van der Waals surface area (Å²) in [5, 5.41) is 0. The van der Waals surface area contributed by atoms with E-state index < -0.39 is 30.2 Å². The molecule has 9 heteroatoms.